The monoisotopic (exact) mass is 305 g/mol. The topological polar surface area (TPSA) is 41.5 Å². The Bertz CT molecular complexity index is 628. The standard InChI is InChI=1S/C17H20ClNO2/c1-4-21-17-8-6-13(10-15(17)18)19-12(3)14-9-11(2)5-7-16(14)20/h5-10,12,19-20H,4H2,1-3H3. The van der Waals surface area contributed by atoms with Gasteiger partial charge in [-0.1, -0.05) is 29.3 Å². The van der Waals surface area contributed by atoms with Crippen LogP contribution in [-0.2, 0) is 0 Å². The lowest BCUT2D eigenvalue weighted by Crippen LogP contribution is -2.07. The second-order valence-corrected chi connectivity index (χ2v) is 5.41. The molecule has 4 heteroatoms. The van der Waals surface area contributed by atoms with E-state index >= 15 is 0 Å². The molecular formula is C17H20ClNO2. The van der Waals surface area contributed by atoms with Crippen LogP contribution in [0.2, 0.25) is 5.02 Å². The van der Waals surface area contributed by atoms with Crippen molar-refractivity contribution >= 4 is 17.3 Å². The molecule has 0 aromatic heterocycles. The van der Waals surface area contributed by atoms with Gasteiger partial charge in [0, 0.05) is 11.3 Å². The van der Waals surface area contributed by atoms with Crippen molar-refractivity contribution < 1.29 is 9.84 Å². The molecule has 1 unspecified atom stereocenters. The molecule has 1 atom stereocenters. The molecule has 0 amide bonds. The molecule has 2 rings (SSSR count). The van der Waals surface area contributed by atoms with Crippen LogP contribution in [0.15, 0.2) is 36.4 Å². The molecule has 0 aliphatic rings. The van der Waals surface area contributed by atoms with Gasteiger partial charge in [0.25, 0.3) is 0 Å². The van der Waals surface area contributed by atoms with E-state index in [-0.39, 0.29) is 11.8 Å². The largest absolute Gasteiger partial charge is 0.508 e. The van der Waals surface area contributed by atoms with Crippen LogP contribution in [0.4, 0.5) is 5.69 Å². The van der Waals surface area contributed by atoms with E-state index in [2.05, 4.69) is 5.32 Å². The van der Waals surface area contributed by atoms with Crippen LogP contribution < -0.4 is 10.1 Å². The smallest absolute Gasteiger partial charge is 0.138 e. The van der Waals surface area contributed by atoms with E-state index in [0.717, 1.165) is 16.8 Å². The molecule has 21 heavy (non-hydrogen) atoms. The molecule has 0 saturated heterocycles. The maximum Gasteiger partial charge on any atom is 0.138 e. The Kier molecular flexibility index (Phi) is 4.97. The molecule has 0 heterocycles. The third-order valence-electron chi connectivity index (χ3n) is 3.26. The van der Waals surface area contributed by atoms with Crippen LogP contribution in [0.3, 0.4) is 0 Å². The van der Waals surface area contributed by atoms with Gasteiger partial charge in [-0.15, -0.1) is 0 Å². The average molecular weight is 306 g/mol. The van der Waals surface area contributed by atoms with Crippen LogP contribution in [-0.4, -0.2) is 11.7 Å². The first-order chi connectivity index (χ1) is 10.0. The number of ether oxygens (including phenoxy) is 1. The quantitative estimate of drug-likeness (QED) is 0.823. The molecular weight excluding hydrogens is 286 g/mol. The third kappa shape index (κ3) is 3.82. The summed E-state index contributed by atoms with van der Waals surface area (Å²) in [7, 11) is 0. The Labute approximate surface area is 130 Å². The van der Waals surface area contributed by atoms with Crippen LogP contribution in [0.5, 0.6) is 11.5 Å². The molecule has 2 N–H and O–H groups in total. The number of hydrogen-bond donors (Lipinski definition) is 2. The number of anilines is 1. The lowest BCUT2D eigenvalue weighted by molar-refractivity contribution is 0.340. The minimum atomic E-state index is -0.0288. The average Bonchev–Trinajstić information content (AvgIpc) is 2.44. The number of aryl methyl sites for hydroxylation is 1. The molecule has 2 aromatic rings. The molecule has 2 aromatic carbocycles. The van der Waals surface area contributed by atoms with Crippen molar-refractivity contribution in [3.8, 4) is 11.5 Å². The van der Waals surface area contributed by atoms with Crippen molar-refractivity contribution in [3.63, 3.8) is 0 Å². The summed E-state index contributed by atoms with van der Waals surface area (Å²) in [6.45, 7) is 6.51. The molecule has 0 bridgehead atoms. The lowest BCUT2D eigenvalue weighted by atomic mass is 10.0. The van der Waals surface area contributed by atoms with E-state index in [1.807, 2.05) is 51.1 Å². The molecule has 0 fully saturated rings. The van der Waals surface area contributed by atoms with Gasteiger partial charge in [0.1, 0.15) is 11.5 Å². The van der Waals surface area contributed by atoms with E-state index in [9.17, 15) is 5.11 Å². The molecule has 0 saturated carbocycles. The molecule has 0 aliphatic heterocycles. The Hall–Kier alpha value is -1.87. The number of phenolic OH excluding ortho intramolecular Hbond substituents is 1. The van der Waals surface area contributed by atoms with Gasteiger partial charge < -0.3 is 15.2 Å². The van der Waals surface area contributed by atoms with Crippen LogP contribution in [0.1, 0.15) is 31.0 Å². The summed E-state index contributed by atoms with van der Waals surface area (Å²) in [5, 5.41) is 13.9. The highest BCUT2D eigenvalue weighted by molar-refractivity contribution is 6.32. The van der Waals surface area contributed by atoms with E-state index in [1.54, 1.807) is 6.07 Å². The maximum atomic E-state index is 9.97. The Balaban J connectivity index is 2.17. The van der Waals surface area contributed by atoms with Gasteiger partial charge in [-0.05, 0) is 45.0 Å². The number of hydrogen-bond acceptors (Lipinski definition) is 3. The summed E-state index contributed by atoms with van der Waals surface area (Å²) in [6, 6.07) is 11.1. The number of phenols is 1. The fourth-order valence-corrected chi connectivity index (χ4v) is 2.45. The minimum absolute atomic E-state index is 0.0288. The summed E-state index contributed by atoms with van der Waals surface area (Å²) >= 11 is 6.18. The van der Waals surface area contributed by atoms with E-state index in [0.29, 0.717) is 17.4 Å². The Morgan fingerprint density at radius 2 is 2.00 bits per heavy atom. The summed E-state index contributed by atoms with van der Waals surface area (Å²) in [5.41, 5.74) is 2.86. The van der Waals surface area contributed by atoms with Crippen LogP contribution in [0, 0.1) is 6.92 Å². The summed E-state index contributed by atoms with van der Waals surface area (Å²) in [5.74, 6) is 0.966. The van der Waals surface area contributed by atoms with Crippen LogP contribution in [0.25, 0.3) is 0 Å². The van der Waals surface area contributed by atoms with Gasteiger partial charge in [0.15, 0.2) is 0 Å². The number of aromatic hydroxyl groups is 1. The van der Waals surface area contributed by atoms with Crippen molar-refractivity contribution in [3.05, 3.63) is 52.5 Å². The summed E-state index contributed by atoms with van der Waals surface area (Å²) in [4.78, 5) is 0. The highest BCUT2D eigenvalue weighted by Gasteiger charge is 2.11. The Morgan fingerprint density at radius 3 is 2.67 bits per heavy atom. The van der Waals surface area contributed by atoms with Crippen molar-refractivity contribution in [2.75, 3.05) is 11.9 Å². The maximum absolute atomic E-state index is 9.97. The second kappa shape index (κ2) is 6.72. The molecule has 112 valence electrons. The van der Waals surface area contributed by atoms with Crippen molar-refractivity contribution in [2.24, 2.45) is 0 Å². The zero-order valence-corrected chi connectivity index (χ0v) is 13.2. The molecule has 0 spiro atoms. The molecule has 0 aliphatic carbocycles. The summed E-state index contributed by atoms with van der Waals surface area (Å²) in [6.07, 6.45) is 0. The summed E-state index contributed by atoms with van der Waals surface area (Å²) < 4.78 is 5.42. The number of nitrogens with one attached hydrogen (secondary N) is 1. The first kappa shape index (κ1) is 15.5. The number of halogens is 1. The normalized spacial score (nSPS) is 12.0. The van der Waals surface area contributed by atoms with E-state index in [4.69, 9.17) is 16.3 Å². The fourth-order valence-electron chi connectivity index (χ4n) is 2.21. The lowest BCUT2D eigenvalue weighted by Gasteiger charge is -2.18. The number of benzene rings is 2. The van der Waals surface area contributed by atoms with Gasteiger partial charge >= 0.3 is 0 Å². The van der Waals surface area contributed by atoms with Gasteiger partial charge in [0.2, 0.25) is 0 Å². The van der Waals surface area contributed by atoms with Crippen molar-refractivity contribution in [1.82, 2.24) is 0 Å². The molecule has 0 radical (unpaired) electrons. The van der Waals surface area contributed by atoms with Gasteiger partial charge in [-0.2, -0.15) is 0 Å². The van der Waals surface area contributed by atoms with Gasteiger partial charge in [-0.3, -0.25) is 0 Å². The highest BCUT2D eigenvalue weighted by Crippen LogP contribution is 2.31. The van der Waals surface area contributed by atoms with Crippen LogP contribution >= 0.6 is 11.6 Å². The predicted octanol–water partition coefficient (Wildman–Crippen LogP) is 4.93. The van der Waals surface area contributed by atoms with E-state index in [1.165, 1.54) is 0 Å². The first-order valence-electron chi connectivity index (χ1n) is 6.99. The van der Waals surface area contributed by atoms with Gasteiger partial charge in [-0.25, -0.2) is 0 Å². The minimum Gasteiger partial charge on any atom is -0.508 e. The SMILES string of the molecule is CCOc1ccc(NC(C)c2cc(C)ccc2O)cc1Cl. The first-order valence-corrected chi connectivity index (χ1v) is 7.37. The van der Waals surface area contributed by atoms with Gasteiger partial charge in [0.05, 0.1) is 17.7 Å². The third-order valence-corrected chi connectivity index (χ3v) is 3.56. The van der Waals surface area contributed by atoms with Crippen molar-refractivity contribution in [2.45, 2.75) is 26.8 Å². The fraction of sp³-hybridized carbons (Fsp3) is 0.294. The zero-order valence-electron chi connectivity index (χ0n) is 12.5. The van der Waals surface area contributed by atoms with Crippen molar-refractivity contribution in [1.29, 1.82) is 0 Å². The molecule has 3 nitrogen and oxygen atoms in total. The second-order valence-electron chi connectivity index (χ2n) is 5.01. The number of rotatable bonds is 5. The predicted molar refractivity (Wildman–Crippen MR) is 87.5 cm³/mol. The van der Waals surface area contributed by atoms with E-state index < -0.39 is 0 Å². The Morgan fingerprint density at radius 1 is 1.24 bits per heavy atom. The highest BCUT2D eigenvalue weighted by atomic mass is 35.5. The zero-order chi connectivity index (χ0) is 15.4.